The van der Waals surface area contributed by atoms with Gasteiger partial charge in [0.1, 0.15) is 10.1 Å². The molecule has 170 valence electrons. The molecule has 33 heavy (non-hydrogen) atoms. The number of hydrogen-bond acceptors (Lipinski definition) is 3. The second kappa shape index (κ2) is 11.2. The third kappa shape index (κ3) is 7.10. The van der Waals surface area contributed by atoms with Crippen LogP contribution in [0.2, 0.25) is 10.0 Å². The number of rotatable bonds is 4. The van der Waals surface area contributed by atoms with E-state index in [1.807, 2.05) is 0 Å². The molecule has 0 saturated carbocycles. The van der Waals surface area contributed by atoms with E-state index >= 15 is 0 Å². The maximum atomic E-state index is 10.5. The highest BCUT2D eigenvalue weighted by molar-refractivity contribution is 7.97. The molecule has 4 rings (SSSR count). The molecule has 0 heterocycles. The summed E-state index contributed by atoms with van der Waals surface area (Å²) in [6, 6.07) is 32.3. The Morgan fingerprint density at radius 3 is 1.55 bits per heavy atom. The smallest absolute Gasteiger partial charge is 0.166 e. The minimum absolute atomic E-state index is 0.0312. The quantitative estimate of drug-likeness (QED) is 0.211. The Bertz CT molecular complexity index is 1260. The highest BCUT2D eigenvalue weighted by atomic mass is 35.5. The zero-order chi connectivity index (χ0) is 24.0. The third-order valence-corrected chi connectivity index (χ3v) is 8.44. The molecule has 3 nitrogen and oxygen atoms in total. The van der Waals surface area contributed by atoms with E-state index in [2.05, 4.69) is 92.7 Å². The normalized spacial score (nSPS) is 11.1. The fourth-order valence-electron chi connectivity index (χ4n) is 2.98. The molecule has 0 amide bonds. The molecule has 7 heteroatoms. The molecule has 0 aliphatic rings. The zero-order valence-corrected chi connectivity index (χ0v) is 21.2. The van der Waals surface area contributed by atoms with Gasteiger partial charge in [-0.2, -0.15) is 0 Å². The molecule has 0 radical (unpaired) electrons. The molecule has 4 aromatic rings. The fraction of sp³-hybridized carbons (Fsp3) is 0.0769. The molecule has 0 atom stereocenters. The maximum Gasteiger partial charge on any atom is 0.166 e. The molecule has 0 spiro atoms. The van der Waals surface area contributed by atoms with E-state index in [9.17, 15) is 13.0 Å². The van der Waals surface area contributed by atoms with E-state index in [1.54, 1.807) is 0 Å². The average molecular weight is 517 g/mol. The minimum Gasteiger partial charge on any atom is -0.744 e. The van der Waals surface area contributed by atoms with Gasteiger partial charge >= 0.3 is 0 Å². The van der Waals surface area contributed by atoms with Gasteiger partial charge in [0.05, 0.1) is 20.8 Å². The predicted molar refractivity (Wildman–Crippen MR) is 135 cm³/mol. The SMILES string of the molecule is Cc1ccc([S+](c2ccccc2)c2ccc(C)cc2)cc1.O=S(=O)([O-])c1cc(Cl)ccc1Cl. The second-order valence-electron chi connectivity index (χ2n) is 7.27. The van der Waals surface area contributed by atoms with Crippen molar-refractivity contribution in [3.63, 3.8) is 0 Å². The van der Waals surface area contributed by atoms with Crippen LogP contribution >= 0.6 is 23.2 Å². The van der Waals surface area contributed by atoms with Gasteiger partial charge in [-0.15, -0.1) is 0 Å². The van der Waals surface area contributed by atoms with Crippen LogP contribution in [0.5, 0.6) is 0 Å². The molecule has 0 bridgehead atoms. The van der Waals surface area contributed by atoms with Crippen LogP contribution in [0.3, 0.4) is 0 Å². The molecular weight excluding hydrogens is 495 g/mol. The Morgan fingerprint density at radius 1 is 0.667 bits per heavy atom. The van der Waals surface area contributed by atoms with Crippen molar-refractivity contribution >= 4 is 44.2 Å². The van der Waals surface area contributed by atoms with E-state index < -0.39 is 15.0 Å². The number of halogens is 2. The minimum atomic E-state index is -4.52. The lowest BCUT2D eigenvalue weighted by molar-refractivity contribution is 0.463. The van der Waals surface area contributed by atoms with Crippen molar-refractivity contribution in [2.75, 3.05) is 0 Å². The topological polar surface area (TPSA) is 57.2 Å². The third-order valence-electron chi connectivity index (χ3n) is 4.65. The molecule has 0 aliphatic carbocycles. The van der Waals surface area contributed by atoms with E-state index in [4.69, 9.17) is 23.2 Å². The average Bonchev–Trinajstić information content (AvgIpc) is 2.79. The summed E-state index contributed by atoms with van der Waals surface area (Å²) >= 11 is 10.9. The summed E-state index contributed by atoms with van der Waals surface area (Å²) in [5, 5.41) is 0.0447. The first-order valence-corrected chi connectivity index (χ1v) is 13.4. The molecule has 4 aromatic carbocycles. The number of hydrogen-bond donors (Lipinski definition) is 0. The van der Waals surface area contributed by atoms with Gasteiger partial charge in [0.15, 0.2) is 14.7 Å². The maximum absolute atomic E-state index is 10.5. The van der Waals surface area contributed by atoms with Gasteiger partial charge in [0.25, 0.3) is 0 Å². The monoisotopic (exact) mass is 516 g/mol. The lowest BCUT2D eigenvalue weighted by Crippen LogP contribution is -2.04. The van der Waals surface area contributed by atoms with Gasteiger partial charge < -0.3 is 4.55 Å². The van der Waals surface area contributed by atoms with Gasteiger partial charge in [-0.1, -0.05) is 76.8 Å². The van der Waals surface area contributed by atoms with E-state index in [1.165, 1.54) is 37.9 Å². The Kier molecular flexibility index (Phi) is 8.63. The largest absolute Gasteiger partial charge is 0.744 e. The summed E-state index contributed by atoms with van der Waals surface area (Å²) in [4.78, 5) is 3.62. The van der Waals surface area contributed by atoms with Gasteiger partial charge in [-0.05, 0) is 68.4 Å². The Morgan fingerprint density at radius 2 is 1.12 bits per heavy atom. The van der Waals surface area contributed by atoms with Gasteiger partial charge in [0, 0.05) is 5.02 Å². The number of aryl methyl sites for hydroxylation is 2. The van der Waals surface area contributed by atoms with Crippen molar-refractivity contribution in [2.24, 2.45) is 0 Å². The zero-order valence-electron chi connectivity index (χ0n) is 18.0. The van der Waals surface area contributed by atoms with Crippen LogP contribution in [0.15, 0.2) is 117 Å². The van der Waals surface area contributed by atoms with Crippen LogP contribution in [0.25, 0.3) is 0 Å². The van der Waals surface area contributed by atoms with Crippen molar-refractivity contribution in [3.05, 3.63) is 118 Å². The lowest BCUT2D eigenvalue weighted by atomic mass is 10.2. The van der Waals surface area contributed by atoms with E-state index in [0.29, 0.717) is 0 Å². The molecular formula is C26H22Cl2O3S2. The van der Waals surface area contributed by atoms with Crippen molar-refractivity contribution in [3.8, 4) is 0 Å². The Labute approximate surface area is 208 Å². The van der Waals surface area contributed by atoms with Crippen LogP contribution < -0.4 is 0 Å². The van der Waals surface area contributed by atoms with E-state index in [0.717, 1.165) is 6.07 Å². The summed E-state index contributed by atoms with van der Waals surface area (Å²) in [6.07, 6.45) is 0. The van der Waals surface area contributed by atoms with Crippen molar-refractivity contribution in [1.82, 2.24) is 0 Å². The number of benzene rings is 4. The van der Waals surface area contributed by atoms with Crippen molar-refractivity contribution in [2.45, 2.75) is 33.4 Å². The molecule has 0 saturated heterocycles. The van der Waals surface area contributed by atoms with Crippen LogP contribution in [-0.2, 0) is 21.0 Å². The summed E-state index contributed by atoms with van der Waals surface area (Å²) in [5.74, 6) is 0. The molecule has 0 fully saturated rings. The van der Waals surface area contributed by atoms with Crippen LogP contribution in [-0.4, -0.2) is 13.0 Å². The van der Waals surface area contributed by atoms with E-state index in [-0.39, 0.29) is 20.9 Å². The van der Waals surface area contributed by atoms with Crippen molar-refractivity contribution in [1.29, 1.82) is 0 Å². The molecule has 0 aliphatic heterocycles. The summed E-state index contributed by atoms with van der Waals surface area (Å²) in [7, 11) is -4.55. The first-order valence-electron chi connectivity index (χ1n) is 9.99. The predicted octanol–water partition coefficient (Wildman–Crippen LogP) is 7.30. The highest BCUT2D eigenvalue weighted by Crippen LogP contribution is 2.31. The summed E-state index contributed by atoms with van der Waals surface area (Å²) in [5.41, 5.74) is 2.61. The molecule has 0 unspecified atom stereocenters. The summed E-state index contributed by atoms with van der Waals surface area (Å²) in [6.45, 7) is 4.27. The van der Waals surface area contributed by atoms with Crippen LogP contribution in [0.4, 0.5) is 0 Å². The van der Waals surface area contributed by atoms with Crippen LogP contribution in [0.1, 0.15) is 11.1 Å². The Hall–Kier alpha value is -2.28. The van der Waals surface area contributed by atoms with Gasteiger partial charge in [0.2, 0.25) is 0 Å². The van der Waals surface area contributed by atoms with Gasteiger partial charge in [-0.3, -0.25) is 0 Å². The standard InChI is InChI=1S/C20H19S.C6H4Cl2O3S/c1-16-8-12-19(13-9-16)21(18-6-4-3-5-7-18)20-14-10-17(2)11-15-20;7-4-1-2-5(8)6(3-4)12(9,10)11/h3-15H,1-2H3;1-3H,(H,9,10,11)/q+1;/p-1. The first-order chi connectivity index (χ1) is 15.6. The fourth-order valence-corrected chi connectivity index (χ4v) is 6.26. The van der Waals surface area contributed by atoms with Crippen LogP contribution in [0, 0.1) is 13.8 Å². The Balaban J connectivity index is 0.000000218. The molecule has 0 N–H and O–H groups in total. The highest BCUT2D eigenvalue weighted by Gasteiger charge is 2.28. The lowest BCUT2D eigenvalue weighted by Gasteiger charge is -2.08. The summed E-state index contributed by atoms with van der Waals surface area (Å²) < 4.78 is 31.5. The molecule has 0 aromatic heterocycles. The second-order valence-corrected chi connectivity index (χ2v) is 11.5. The van der Waals surface area contributed by atoms with Crippen molar-refractivity contribution < 1.29 is 13.0 Å². The first kappa shape index (κ1) is 25.3. The van der Waals surface area contributed by atoms with Gasteiger partial charge in [-0.25, -0.2) is 8.42 Å².